The van der Waals surface area contributed by atoms with E-state index in [0.29, 0.717) is 5.82 Å². The molecule has 0 spiro atoms. The second-order valence-electron chi connectivity index (χ2n) is 6.56. The first-order valence-electron chi connectivity index (χ1n) is 8.30. The van der Waals surface area contributed by atoms with Crippen LogP contribution in [0.25, 0.3) is 11.4 Å². The van der Waals surface area contributed by atoms with E-state index in [-0.39, 0.29) is 5.91 Å². The van der Waals surface area contributed by atoms with Crippen molar-refractivity contribution in [2.75, 3.05) is 5.32 Å². The lowest BCUT2D eigenvalue weighted by atomic mass is 9.91. The van der Waals surface area contributed by atoms with Crippen molar-refractivity contribution < 1.29 is 4.79 Å². The minimum Gasteiger partial charge on any atom is -0.325 e. The maximum Gasteiger partial charge on any atom is 0.235 e. The molecule has 1 aliphatic rings. The highest BCUT2D eigenvalue weighted by Crippen LogP contribution is 2.50. The Bertz CT molecular complexity index is 942. The number of carbonyl (C=O) groups is 1. The van der Waals surface area contributed by atoms with Crippen molar-refractivity contribution in [3.05, 3.63) is 59.7 Å². The van der Waals surface area contributed by atoms with Crippen LogP contribution in [-0.4, -0.2) is 26.1 Å². The molecule has 6 heteroatoms. The van der Waals surface area contributed by atoms with Crippen LogP contribution in [0.15, 0.2) is 48.5 Å². The van der Waals surface area contributed by atoms with Crippen molar-refractivity contribution in [3.63, 3.8) is 0 Å². The van der Waals surface area contributed by atoms with Crippen LogP contribution in [0.5, 0.6) is 0 Å². The van der Waals surface area contributed by atoms with E-state index in [1.807, 2.05) is 36.4 Å². The molecule has 126 valence electrons. The van der Waals surface area contributed by atoms with Crippen molar-refractivity contribution in [2.45, 2.75) is 25.2 Å². The van der Waals surface area contributed by atoms with Crippen LogP contribution in [0.3, 0.4) is 0 Å². The number of nitrogens with one attached hydrogen (secondary N) is 1. The molecular formula is C19H19N5O. The number of hydrogen-bond donors (Lipinski definition) is 1. The highest BCUT2D eigenvalue weighted by molar-refractivity contribution is 6.01. The van der Waals surface area contributed by atoms with Gasteiger partial charge in [-0.1, -0.05) is 36.4 Å². The largest absolute Gasteiger partial charge is 0.325 e. The minimum atomic E-state index is -0.395. The fourth-order valence-electron chi connectivity index (χ4n) is 3.31. The number of anilines is 1. The van der Waals surface area contributed by atoms with E-state index in [9.17, 15) is 4.79 Å². The first kappa shape index (κ1) is 15.5. The van der Waals surface area contributed by atoms with Gasteiger partial charge in [0.05, 0.1) is 5.41 Å². The van der Waals surface area contributed by atoms with Crippen molar-refractivity contribution in [3.8, 4) is 11.4 Å². The summed E-state index contributed by atoms with van der Waals surface area (Å²) >= 11 is 0. The molecule has 1 N–H and O–H groups in total. The molecule has 1 amide bonds. The van der Waals surface area contributed by atoms with Gasteiger partial charge in [-0.3, -0.25) is 4.79 Å². The van der Waals surface area contributed by atoms with Crippen molar-refractivity contribution >= 4 is 11.6 Å². The fraction of sp³-hybridized carbons (Fsp3) is 0.263. The molecule has 0 radical (unpaired) electrons. The Labute approximate surface area is 145 Å². The van der Waals surface area contributed by atoms with Gasteiger partial charge in [0.25, 0.3) is 0 Å². The molecule has 0 unspecified atom stereocenters. The zero-order valence-corrected chi connectivity index (χ0v) is 14.2. The van der Waals surface area contributed by atoms with E-state index < -0.39 is 5.41 Å². The summed E-state index contributed by atoms with van der Waals surface area (Å²) < 4.78 is 1.61. The number of benzene rings is 2. The smallest absolute Gasteiger partial charge is 0.235 e. The first-order valence-corrected chi connectivity index (χ1v) is 8.30. The second-order valence-corrected chi connectivity index (χ2v) is 6.56. The van der Waals surface area contributed by atoms with Gasteiger partial charge in [-0.15, -0.1) is 5.10 Å². The van der Waals surface area contributed by atoms with E-state index >= 15 is 0 Å². The third-order valence-electron chi connectivity index (χ3n) is 4.84. The van der Waals surface area contributed by atoms with Gasteiger partial charge in [-0.25, -0.2) is 4.68 Å². The van der Waals surface area contributed by atoms with Crippen LogP contribution < -0.4 is 5.32 Å². The maximum absolute atomic E-state index is 13.0. The van der Waals surface area contributed by atoms with Crippen LogP contribution in [0.2, 0.25) is 0 Å². The van der Waals surface area contributed by atoms with Crippen molar-refractivity contribution in [2.24, 2.45) is 7.05 Å². The first-order chi connectivity index (χ1) is 12.1. The van der Waals surface area contributed by atoms with Gasteiger partial charge in [0.2, 0.25) is 5.91 Å². The SMILES string of the molecule is Cc1ccccc1C1(C(=O)Nc2cccc(-c3nnnn3C)c2)CC1. The predicted octanol–water partition coefficient (Wildman–Crippen LogP) is 2.86. The summed E-state index contributed by atoms with van der Waals surface area (Å²) in [6.45, 7) is 2.06. The molecule has 1 aliphatic carbocycles. The number of rotatable bonds is 4. The van der Waals surface area contributed by atoms with Crippen LogP contribution >= 0.6 is 0 Å². The Morgan fingerprint density at radius 3 is 2.64 bits per heavy atom. The van der Waals surface area contributed by atoms with Gasteiger partial charge in [-0.2, -0.15) is 0 Å². The molecule has 0 aliphatic heterocycles. The molecule has 4 rings (SSSR count). The molecule has 6 nitrogen and oxygen atoms in total. The molecule has 1 heterocycles. The van der Waals surface area contributed by atoms with Crippen LogP contribution in [0.4, 0.5) is 5.69 Å². The van der Waals surface area contributed by atoms with Gasteiger partial charge in [-0.05, 0) is 53.5 Å². The maximum atomic E-state index is 13.0. The highest BCUT2D eigenvalue weighted by Gasteiger charge is 2.51. The lowest BCUT2D eigenvalue weighted by Crippen LogP contribution is -2.28. The quantitative estimate of drug-likeness (QED) is 0.797. The summed E-state index contributed by atoms with van der Waals surface area (Å²) in [5.74, 6) is 0.714. The van der Waals surface area contributed by atoms with Crippen molar-refractivity contribution in [1.82, 2.24) is 20.2 Å². The Hall–Kier alpha value is -3.02. The molecule has 1 saturated carbocycles. The van der Waals surface area contributed by atoms with Gasteiger partial charge in [0.15, 0.2) is 5.82 Å². The third-order valence-corrected chi connectivity index (χ3v) is 4.84. The van der Waals surface area contributed by atoms with Crippen LogP contribution in [0.1, 0.15) is 24.0 Å². The molecule has 2 aromatic carbocycles. The number of aromatic nitrogens is 4. The van der Waals surface area contributed by atoms with Crippen molar-refractivity contribution in [1.29, 1.82) is 0 Å². The summed E-state index contributed by atoms with van der Waals surface area (Å²) in [5.41, 5.74) is 3.51. The monoisotopic (exact) mass is 333 g/mol. The predicted molar refractivity (Wildman–Crippen MR) is 95.0 cm³/mol. The zero-order chi connectivity index (χ0) is 17.4. The summed E-state index contributed by atoms with van der Waals surface area (Å²) in [6, 6.07) is 15.7. The summed E-state index contributed by atoms with van der Waals surface area (Å²) in [7, 11) is 1.79. The number of nitrogens with zero attached hydrogens (tertiary/aromatic N) is 4. The Balaban J connectivity index is 1.60. The highest BCUT2D eigenvalue weighted by atomic mass is 16.2. The number of carbonyl (C=O) groups excluding carboxylic acids is 1. The van der Waals surface area contributed by atoms with Gasteiger partial charge < -0.3 is 5.32 Å². The molecule has 3 aromatic rings. The van der Waals surface area contributed by atoms with Crippen LogP contribution in [-0.2, 0) is 17.3 Å². The van der Waals surface area contributed by atoms with Gasteiger partial charge in [0, 0.05) is 18.3 Å². The lowest BCUT2D eigenvalue weighted by molar-refractivity contribution is -0.118. The number of amides is 1. The molecule has 1 fully saturated rings. The minimum absolute atomic E-state index is 0.0510. The Morgan fingerprint density at radius 2 is 1.96 bits per heavy atom. The third kappa shape index (κ3) is 2.69. The van der Waals surface area contributed by atoms with Gasteiger partial charge >= 0.3 is 0 Å². The lowest BCUT2D eigenvalue weighted by Gasteiger charge is -2.18. The molecular weight excluding hydrogens is 314 g/mol. The average molecular weight is 333 g/mol. The topological polar surface area (TPSA) is 72.7 Å². The van der Waals surface area contributed by atoms with Crippen LogP contribution in [0, 0.1) is 6.92 Å². The van der Waals surface area contributed by atoms with Gasteiger partial charge in [0.1, 0.15) is 0 Å². The van der Waals surface area contributed by atoms with E-state index in [1.165, 1.54) is 0 Å². The average Bonchev–Trinajstić information content (AvgIpc) is 3.31. The van der Waals surface area contributed by atoms with E-state index in [2.05, 4.69) is 39.9 Å². The fourth-order valence-corrected chi connectivity index (χ4v) is 3.31. The summed E-state index contributed by atoms with van der Waals surface area (Å²) in [4.78, 5) is 13.0. The standard InChI is InChI=1S/C19H19N5O/c1-13-6-3-4-9-16(13)19(10-11-19)18(25)20-15-8-5-7-14(12-15)17-21-22-23-24(17)2/h3-9,12H,10-11H2,1-2H3,(H,20,25). The zero-order valence-electron chi connectivity index (χ0n) is 14.2. The van der Waals surface area contributed by atoms with E-state index in [4.69, 9.17) is 0 Å². The molecule has 0 atom stereocenters. The van der Waals surface area contributed by atoms with E-state index in [1.54, 1.807) is 11.7 Å². The van der Waals surface area contributed by atoms with E-state index in [0.717, 1.165) is 35.2 Å². The summed E-state index contributed by atoms with van der Waals surface area (Å²) in [5, 5.41) is 14.6. The Morgan fingerprint density at radius 1 is 1.16 bits per heavy atom. The normalized spacial score (nSPS) is 15.0. The Kier molecular flexibility index (Phi) is 3.60. The summed E-state index contributed by atoms with van der Waals surface area (Å²) in [6.07, 6.45) is 1.77. The molecule has 25 heavy (non-hydrogen) atoms. The number of hydrogen-bond acceptors (Lipinski definition) is 4. The second kappa shape index (κ2) is 5.81. The number of tetrazole rings is 1. The number of aryl methyl sites for hydroxylation is 2. The molecule has 0 bridgehead atoms. The molecule has 0 saturated heterocycles. The molecule has 1 aromatic heterocycles.